The Bertz CT molecular complexity index is 937. The van der Waals surface area contributed by atoms with Crippen LogP contribution in [0.25, 0.3) is 16.9 Å². The van der Waals surface area contributed by atoms with E-state index in [9.17, 15) is 0 Å². The lowest BCUT2D eigenvalue weighted by molar-refractivity contribution is 0.879. The Morgan fingerprint density at radius 3 is 2.56 bits per heavy atom. The number of aromatic amines is 1. The third-order valence-corrected chi connectivity index (χ3v) is 4.09. The van der Waals surface area contributed by atoms with Crippen LogP contribution in [0.5, 0.6) is 0 Å². The summed E-state index contributed by atoms with van der Waals surface area (Å²) in [5.41, 5.74) is 6.58. The first-order chi connectivity index (χ1) is 12.3. The minimum absolute atomic E-state index is 0.697. The molecule has 4 aromatic rings. The molecule has 0 atom stereocenters. The van der Waals surface area contributed by atoms with Crippen LogP contribution in [-0.2, 0) is 6.54 Å². The van der Waals surface area contributed by atoms with Gasteiger partial charge in [-0.05, 0) is 36.8 Å². The average molecular weight is 330 g/mol. The second-order valence-electron chi connectivity index (χ2n) is 5.88. The van der Waals surface area contributed by atoms with E-state index in [4.69, 9.17) is 0 Å². The van der Waals surface area contributed by atoms with Gasteiger partial charge >= 0.3 is 0 Å². The molecule has 0 radical (unpaired) electrons. The van der Waals surface area contributed by atoms with Crippen LogP contribution in [0.4, 0.5) is 5.69 Å². The molecule has 0 aliphatic carbocycles. The van der Waals surface area contributed by atoms with Crippen molar-refractivity contribution in [2.75, 3.05) is 5.32 Å². The first-order valence-electron chi connectivity index (χ1n) is 8.08. The maximum atomic E-state index is 4.20. The summed E-state index contributed by atoms with van der Waals surface area (Å²) in [6, 6.07) is 16.5. The third-order valence-electron chi connectivity index (χ3n) is 4.09. The van der Waals surface area contributed by atoms with Gasteiger partial charge in [0.1, 0.15) is 12.7 Å². The van der Waals surface area contributed by atoms with Crippen molar-refractivity contribution < 1.29 is 0 Å². The van der Waals surface area contributed by atoms with Crippen LogP contribution in [0.2, 0.25) is 0 Å². The van der Waals surface area contributed by atoms with Crippen LogP contribution >= 0.6 is 0 Å². The fraction of sp³-hybridized carbons (Fsp3) is 0.105. The second-order valence-corrected chi connectivity index (χ2v) is 5.88. The highest BCUT2D eigenvalue weighted by molar-refractivity contribution is 5.63. The highest BCUT2D eigenvalue weighted by atomic mass is 15.3. The maximum absolute atomic E-state index is 4.20. The SMILES string of the molecule is Cc1ccc(-c2[nH]ncc2CNc2ccc(-n3cncn3)cc2)cc1. The quantitative estimate of drug-likeness (QED) is 0.587. The molecular formula is C19H18N6. The number of benzene rings is 2. The van der Waals surface area contributed by atoms with Gasteiger partial charge < -0.3 is 5.32 Å². The zero-order valence-electron chi connectivity index (χ0n) is 13.8. The van der Waals surface area contributed by atoms with Crippen LogP contribution in [-0.4, -0.2) is 25.0 Å². The Hall–Kier alpha value is -3.41. The van der Waals surface area contributed by atoms with Crippen molar-refractivity contribution in [2.45, 2.75) is 13.5 Å². The van der Waals surface area contributed by atoms with Crippen LogP contribution in [0.1, 0.15) is 11.1 Å². The van der Waals surface area contributed by atoms with E-state index in [1.54, 1.807) is 11.0 Å². The molecule has 0 saturated carbocycles. The molecular weight excluding hydrogens is 312 g/mol. The first kappa shape index (κ1) is 15.1. The van der Waals surface area contributed by atoms with E-state index in [1.165, 1.54) is 11.9 Å². The molecule has 6 nitrogen and oxygen atoms in total. The van der Waals surface area contributed by atoms with Crippen molar-refractivity contribution in [2.24, 2.45) is 0 Å². The molecule has 2 aromatic heterocycles. The van der Waals surface area contributed by atoms with Gasteiger partial charge in [0.2, 0.25) is 0 Å². The fourth-order valence-electron chi connectivity index (χ4n) is 2.69. The first-order valence-corrected chi connectivity index (χ1v) is 8.08. The smallest absolute Gasteiger partial charge is 0.138 e. The van der Waals surface area contributed by atoms with Crippen LogP contribution in [0.3, 0.4) is 0 Å². The second kappa shape index (κ2) is 6.60. The lowest BCUT2D eigenvalue weighted by atomic mass is 10.1. The molecule has 2 aromatic carbocycles. The predicted octanol–water partition coefficient (Wildman–Crippen LogP) is 3.58. The number of anilines is 1. The molecule has 0 fully saturated rings. The van der Waals surface area contributed by atoms with Gasteiger partial charge in [0, 0.05) is 17.8 Å². The van der Waals surface area contributed by atoms with Gasteiger partial charge in [-0.1, -0.05) is 29.8 Å². The predicted molar refractivity (Wildman–Crippen MR) is 97.4 cm³/mol. The molecule has 0 spiro atoms. The number of nitrogens with one attached hydrogen (secondary N) is 2. The van der Waals surface area contributed by atoms with Gasteiger partial charge in [0.15, 0.2) is 0 Å². The summed E-state index contributed by atoms with van der Waals surface area (Å²) in [7, 11) is 0. The molecule has 6 heteroatoms. The van der Waals surface area contributed by atoms with Crippen molar-refractivity contribution in [1.82, 2.24) is 25.0 Å². The Balaban J connectivity index is 1.47. The molecule has 25 heavy (non-hydrogen) atoms. The number of aromatic nitrogens is 5. The van der Waals surface area contributed by atoms with Crippen molar-refractivity contribution in [3.63, 3.8) is 0 Å². The van der Waals surface area contributed by atoms with Crippen molar-refractivity contribution in [1.29, 1.82) is 0 Å². The molecule has 0 saturated heterocycles. The Morgan fingerprint density at radius 1 is 1.04 bits per heavy atom. The molecule has 0 bridgehead atoms. The summed E-state index contributed by atoms with van der Waals surface area (Å²) >= 11 is 0. The molecule has 0 amide bonds. The molecule has 2 heterocycles. The van der Waals surface area contributed by atoms with E-state index < -0.39 is 0 Å². The summed E-state index contributed by atoms with van der Waals surface area (Å²) in [5, 5.41) is 14.9. The summed E-state index contributed by atoms with van der Waals surface area (Å²) < 4.78 is 1.73. The molecule has 0 aliphatic heterocycles. The largest absolute Gasteiger partial charge is 0.381 e. The minimum atomic E-state index is 0.697. The van der Waals surface area contributed by atoms with E-state index in [1.807, 2.05) is 30.5 Å². The monoisotopic (exact) mass is 330 g/mol. The van der Waals surface area contributed by atoms with Gasteiger partial charge in [0.05, 0.1) is 17.6 Å². The topological polar surface area (TPSA) is 71.4 Å². The minimum Gasteiger partial charge on any atom is -0.381 e. The zero-order chi connectivity index (χ0) is 17.1. The van der Waals surface area contributed by atoms with Gasteiger partial charge in [-0.3, -0.25) is 5.10 Å². The molecule has 0 unspecified atom stereocenters. The summed E-state index contributed by atoms with van der Waals surface area (Å²) in [4.78, 5) is 3.96. The maximum Gasteiger partial charge on any atom is 0.138 e. The van der Waals surface area contributed by atoms with E-state index in [2.05, 4.69) is 56.8 Å². The molecule has 4 rings (SSSR count). The standard InChI is InChI=1S/C19H18N6/c1-14-2-4-15(5-3-14)19-16(11-22-24-19)10-21-17-6-8-18(9-7-17)25-13-20-12-23-25/h2-9,11-13,21H,10H2,1H3,(H,22,24). The van der Waals surface area contributed by atoms with Crippen molar-refractivity contribution in [3.8, 4) is 16.9 Å². The number of hydrogen-bond donors (Lipinski definition) is 2. The Labute approximate surface area is 145 Å². The lowest BCUT2D eigenvalue weighted by Crippen LogP contribution is -2.01. The van der Waals surface area contributed by atoms with Crippen molar-refractivity contribution in [3.05, 3.63) is 78.5 Å². The zero-order valence-corrected chi connectivity index (χ0v) is 13.8. The lowest BCUT2D eigenvalue weighted by Gasteiger charge is -2.08. The van der Waals surface area contributed by atoms with Crippen LogP contribution in [0, 0.1) is 6.92 Å². The molecule has 124 valence electrons. The van der Waals surface area contributed by atoms with E-state index in [0.29, 0.717) is 6.54 Å². The summed E-state index contributed by atoms with van der Waals surface area (Å²) in [6.45, 7) is 2.78. The van der Waals surface area contributed by atoms with E-state index in [-0.39, 0.29) is 0 Å². The highest BCUT2D eigenvalue weighted by Gasteiger charge is 2.07. The van der Waals surface area contributed by atoms with Crippen molar-refractivity contribution >= 4 is 5.69 Å². The Kier molecular flexibility index (Phi) is 4.00. The Morgan fingerprint density at radius 2 is 1.84 bits per heavy atom. The van der Waals surface area contributed by atoms with Gasteiger partial charge in [0.25, 0.3) is 0 Å². The molecule has 2 N–H and O–H groups in total. The number of hydrogen-bond acceptors (Lipinski definition) is 4. The van der Waals surface area contributed by atoms with Gasteiger partial charge in [-0.25, -0.2) is 9.67 Å². The molecule has 0 aliphatic rings. The normalized spacial score (nSPS) is 10.8. The van der Waals surface area contributed by atoms with Crippen LogP contribution in [0.15, 0.2) is 67.4 Å². The van der Waals surface area contributed by atoms with E-state index in [0.717, 1.165) is 28.2 Å². The van der Waals surface area contributed by atoms with E-state index >= 15 is 0 Å². The fourth-order valence-corrected chi connectivity index (χ4v) is 2.69. The number of aryl methyl sites for hydroxylation is 1. The number of H-pyrrole nitrogens is 1. The summed E-state index contributed by atoms with van der Waals surface area (Å²) in [5.74, 6) is 0. The van der Waals surface area contributed by atoms with Crippen LogP contribution < -0.4 is 5.32 Å². The summed E-state index contributed by atoms with van der Waals surface area (Å²) in [6.07, 6.45) is 5.07. The third kappa shape index (κ3) is 3.28. The highest BCUT2D eigenvalue weighted by Crippen LogP contribution is 2.22. The number of rotatable bonds is 5. The van der Waals surface area contributed by atoms with Gasteiger partial charge in [-0.2, -0.15) is 10.2 Å². The van der Waals surface area contributed by atoms with Gasteiger partial charge in [-0.15, -0.1) is 0 Å². The number of nitrogens with zero attached hydrogens (tertiary/aromatic N) is 4. The average Bonchev–Trinajstić information content (AvgIpc) is 3.33.